The smallest absolute Gasteiger partial charge is 0.0768 e. The van der Waals surface area contributed by atoms with Crippen molar-refractivity contribution in [3.8, 4) is 0 Å². The van der Waals surface area contributed by atoms with Crippen LogP contribution in [-0.4, -0.2) is 52.5 Å². The monoisotopic (exact) mass is 397 g/mol. The van der Waals surface area contributed by atoms with Gasteiger partial charge in [-0.15, -0.1) is 0 Å². The van der Waals surface area contributed by atoms with Crippen LogP contribution in [0.4, 0.5) is 0 Å². The summed E-state index contributed by atoms with van der Waals surface area (Å²) in [5.41, 5.74) is 7.07. The summed E-state index contributed by atoms with van der Waals surface area (Å²) < 4.78 is 0. The van der Waals surface area contributed by atoms with Gasteiger partial charge in [0.15, 0.2) is 0 Å². The molecule has 0 aromatic heterocycles. The zero-order valence-corrected chi connectivity index (χ0v) is 18.4. The van der Waals surface area contributed by atoms with Crippen molar-refractivity contribution in [3.05, 3.63) is 0 Å². The molecule has 0 aliphatic heterocycles. The molecule has 0 aromatic rings. The van der Waals surface area contributed by atoms with Gasteiger partial charge in [-0.1, -0.05) is 30.6 Å². The van der Waals surface area contributed by atoms with E-state index in [9.17, 15) is 10.4 Å². The molecule has 1 aliphatic carbocycles. The van der Waals surface area contributed by atoms with Crippen molar-refractivity contribution in [3.63, 3.8) is 0 Å². The summed E-state index contributed by atoms with van der Waals surface area (Å²) in [5, 5.41) is 32.9. The standard InChI is InChI=1S/C21H43N5O2/c1-5-18(25-27)20(3,6-2)23-15-11-17(10-14-22)12-16-24-21(4)13-8-7-9-19(21)26-28/h17,23-24,27-28H,5-16,22H2,1-4H3/b25-18+,26-19+. The molecule has 164 valence electrons. The van der Waals surface area contributed by atoms with Crippen molar-refractivity contribution in [1.29, 1.82) is 0 Å². The van der Waals surface area contributed by atoms with Crippen molar-refractivity contribution in [1.82, 2.24) is 10.6 Å². The summed E-state index contributed by atoms with van der Waals surface area (Å²) in [6.07, 6.45) is 8.86. The molecule has 6 N–H and O–H groups in total. The minimum Gasteiger partial charge on any atom is -0.411 e. The van der Waals surface area contributed by atoms with Gasteiger partial charge < -0.3 is 26.8 Å². The minimum absolute atomic E-state index is 0.188. The van der Waals surface area contributed by atoms with E-state index in [1.807, 2.05) is 6.92 Å². The lowest BCUT2D eigenvalue weighted by Crippen LogP contribution is -2.52. The predicted octanol–water partition coefficient (Wildman–Crippen LogP) is 3.48. The highest BCUT2D eigenvalue weighted by Gasteiger charge is 2.33. The maximum absolute atomic E-state index is 9.32. The van der Waals surface area contributed by atoms with Crippen molar-refractivity contribution in [2.45, 2.75) is 96.6 Å². The molecule has 28 heavy (non-hydrogen) atoms. The third-order valence-electron chi connectivity index (χ3n) is 6.61. The molecule has 1 rings (SSSR count). The minimum atomic E-state index is -0.267. The fourth-order valence-electron chi connectivity index (χ4n) is 4.32. The van der Waals surface area contributed by atoms with Crippen LogP contribution in [0.1, 0.15) is 85.5 Å². The average molecular weight is 398 g/mol. The Morgan fingerprint density at radius 1 is 1.21 bits per heavy atom. The van der Waals surface area contributed by atoms with Gasteiger partial charge in [0.2, 0.25) is 0 Å². The second kappa shape index (κ2) is 12.4. The molecule has 0 amide bonds. The van der Waals surface area contributed by atoms with Crippen LogP contribution in [-0.2, 0) is 0 Å². The fourth-order valence-corrected chi connectivity index (χ4v) is 4.32. The summed E-state index contributed by atoms with van der Waals surface area (Å²) >= 11 is 0. The highest BCUT2D eigenvalue weighted by molar-refractivity contribution is 5.93. The van der Waals surface area contributed by atoms with Crippen LogP contribution >= 0.6 is 0 Å². The van der Waals surface area contributed by atoms with Gasteiger partial charge >= 0.3 is 0 Å². The van der Waals surface area contributed by atoms with Gasteiger partial charge in [0, 0.05) is 0 Å². The Kier molecular flexibility index (Phi) is 11.0. The quantitative estimate of drug-likeness (QED) is 0.185. The number of rotatable bonds is 13. The highest BCUT2D eigenvalue weighted by Crippen LogP contribution is 2.26. The highest BCUT2D eigenvalue weighted by atomic mass is 16.4. The first-order valence-corrected chi connectivity index (χ1v) is 11.0. The molecule has 0 heterocycles. The number of oxime groups is 2. The van der Waals surface area contributed by atoms with E-state index >= 15 is 0 Å². The zero-order chi connectivity index (χ0) is 21.0. The van der Waals surface area contributed by atoms with E-state index in [0.717, 1.165) is 75.9 Å². The van der Waals surface area contributed by atoms with Crippen molar-refractivity contribution >= 4 is 11.4 Å². The topological polar surface area (TPSA) is 115 Å². The molecule has 0 saturated heterocycles. The Labute approximate surface area is 171 Å². The van der Waals surface area contributed by atoms with Gasteiger partial charge in [0.25, 0.3) is 0 Å². The maximum Gasteiger partial charge on any atom is 0.0768 e. The number of hydrogen-bond acceptors (Lipinski definition) is 7. The van der Waals surface area contributed by atoms with E-state index < -0.39 is 0 Å². The van der Waals surface area contributed by atoms with E-state index in [0.29, 0.717) is 12.5 Å². The number of nitrogens with zero attached hydrogens (tertiary/aromatic N) is 2. The lowest BCUT2D eigenvalue weighted by atomic mass is 9.81. The Morgan fingerprint density at radius 2 is 1.93 bits per heavy atom. The number of hydrogen-bond donors (Lipinski definition) is 5. The Balaban J connectivity index is 2.52. The molecule has 3 atom stereocenters. The fraction of sp³-hybridized carbons (Fsp3) is 0.905. The van der Waals surface area contributed by atoms with E-state index in [4.69, 9.17) is 5.73 Å². The van der Waals surface area contributed by atoms with Crippen LogP contribution in [0, 0.1) is 5.92 Å². The lowest BCUT2D eigenvalue weighted by molar-refractivity contribution is 0.291. The van der Waals surface area contributed by atoms with Gasteiger partial charge in [-0.2, -0.15) is 0 Å². The van der Waals surface area contributed by atoms with Crippen LogP contribution in [0.5, 0.6) is 0 Å². The Bertz CT molecular complexity index is 487. The molecule has 7 nitrogen and oxygen atoms in total. The first-order chi connectivity index (χ1) is 13.4. The molecule has 0 bridgehead atoms. The van der Waals surface area contributed by atoms with Gasteiger partial charge in [-0.05, 0) is 90.8 Å². The van der Waals surface area contributed by atoms with Gasteiger partial charge in [0.1, 0.15) is 0 Å². The van der Waals surface area contributed by atoms with E-state index in [1.54, 1.807) is 0 Å². The molecule has 0 aromatic carbocycles. The molecule has 1 aliphatic rings. The van der Waals surface area contributed by atoms with Crippen molar-refractivity contribution in [2.24, 2.45) is 22.0 Å². The Hall–Kier alpha value is -1.18. The maximum atomic E-state index is 9.32. The van der Waals surface area contributed by atoms with E-state index in [2.05, 4.69) is 41.7 Å². The first-order valence-electron chi connectivity index (χ1n) is 11.0. The van der Waals surface area contributed by atoms with Crippen LogP contribution in [0.2, 0.25) is 0 Å². The van der Waals surface area contributed by atoms with Crippen LogP contribution in [0.25, 0.3) is 0 Å². The van der Waals surface area contributed by atoms with Crippen LogP contribution in [0.15, 0.2) is 10.3 Å². The summed E-state index contributed by atoms with van der Waals surface area (Å²) in [6.45, 7) is 10.8. The molecular formula is C21H43N5O2. The second-order valence-electron chi connectivity index (χ2n) is 8.55. The third kappa shape index (κ3) is 7.01. The predicted molar refractivity (Wildman–Crippen MR) is 117 cm³/mol. The first kappa shape index (κ1) is 24.9. The SMILES string of the molecule is CC/C(=N\O)C(C)(CC)NCCC(CCN)CCNC1(C)CCCC/C1=N\O. The second-order valence-corrected chi connectivity index (χ2v) is 8.55. The molecule has 1 saturated carbocycles. The van der Waals surface area contributed by atoms with Crippen LogP contribution in [0.3, 0.4) is 0 Å². The normalized spacial score (nSPS) is 25.6. The number of nitrogens with one attached hydrogen (secondary N) is 2. The largest absolute Gasteiger partial charge is 0.411 e. The number of nitrogens with two attached hydrogens (primary N) is 1. The average Bonchev–Trinajstić information content (AvgIpc) is 2.69. The van der Waals surface area contributed by atoms with Crippen LogP contribution < -0.4 is 16.4 Å². The lowest BCUT2D eigenvalue weighted by Gasteiger charge is -2.36. The summed E-state index contributed by atoms with van der Waals surface area (Å²) in [6, 6.07) is 0. The van der Waals surface area contributed by atoms with Crippen molar-refractivity contribution in [2.75, 3.05) is 19.6 Å². The molecule has 3 unspecified atom stereocenters. The molecular weight excluding hydrogens is 354 g/mol. The van der Waals surface area contributed by atoms with E-state index in [1.165, 1.54) is 6.42 Å². The summed E-state index contributed by atoms with van der Waals surface area (Å²) in [7, 11) is 0. The van der Waals surface area contributed by atoms with Gasteiger partial charge in [-0.25, -0.2) is 0 Å². The molecule has 1 fully saturated rings. The Morgan fingerprint density at radius 3 is 2.50 bits per heavy atom. The van der Waals surface area contributed by atoms with Gasteiger partial charge in [-0.3, -0.25) is 0 Å². The molecule has 0 radical (unpaired) electrons. The summed E-state index contributed by atoms with van der Waals surface area (Å²) in [4.78, 5) is 0. The van der Waals surface area contributed by atoms with Gasteiger partial charge in [0.05, 0.1) is 22.5 Å². The van der Waals surface area contributed by atoms with Crippen molar-refractivity contribution < 1.29 is 10.4 Å². The summed E-state index contributed by atoms with van der Waals surface area (Å²) in [5.74, 6) is 0.531. The van der Waals surface area contributed by atoms with E-state index in [-0.39, 0.29) is 11.1 Å². The molecule has 0 spiro atoms. The zero-order valence-electron chi connectivity index (χ0n) is 18.4. The third-order valence-corrected chi connectivity index (χ3v) is 6.61. The molecule has 7 heteroatoms.